The van der Waals surface area contributed by atoms with Gasteiger partial charge >= 0.3 is 5.63 Å². The molecule has 0 atom stereocenters. The van der Waals surface area contributed by atoms with Gasteiger partial charge < -0.3 is 10.2 Å². The van der Waals surface area contributed by atoms with Crippen LogP contribution in [-0.4, -0.2) is 4.57 Å². The molecule has 114 valence electrons. The van der Waals surface area contributed by atoms with Crippen molar-refractivity contribution in [1.29, 1.82) is 0 Å². The van der Waals surface area contributed by atoms with Crippen molar-refractivity contribution in [3.05, 3.63) is 59.0 Å². The fraction of sp³-hybridized carbons (Fsp3) is 0.111. The fourth-order valence-corrected chi connectivity index (χ4v) is 3.16. The molecule has 2 heterocycles. The number of nitrogens with zero attached hydrogens (tertiary/aromatic N) is 2. The van der Waals surface area contributed by atoms with Crippen LogP contribution in [0.2, 0.25) is 0 Å². The van der Waals surface area contributed by atoms with Gasteiger partial charge in [-0.1, -0.05) is 12.1 Å². The molecule has 5 heteroatoms. The van der Waals surface area contributed by atoms with Crippen LogP contribution in [0.15, 0.2) is 57.7 Å². The number of aromatic nitrogens is 2. The van der Waals surface area contributed by atoms with Gasteiger partial charge in [0.2, 0.25) is 0 Å². The first kappa shape index (κ1) is 13.7. The summed E-state index contributed by atoms with van der Waals surface area (Å²) in [5.41, 5.74) is 7.60. The highest BCUT2D eigenvalue weighted by Crippen LogP contribution is 2.23. The summed E-state index contributed by atoms with van der Waals surface area (Å²) in [6.07, 6.45) is 0. The molecule has 4 aromatic rings. The first-order valence-corrected chi connectivity index (χ1v) is 7.40. The molecule has 0 aliphatic heterocycles. The van der Waals surface area contributed by atoms with E-state index in [1.165, 1.54) is 0 Å². The van der Waals surface area contributed by atoms with E-state index < -0.39 is 0 Å². The van der Waals surface area contributed by atoms with Crippen molar-refractivity contribution in [3.63, 3.8) is 0 Å². The minimum atomic E-state index is -0.343. The summed E-state index contributed by atoms with van der Waals surface area (Å²) in [7, 11) is 3.92. The Labute approximate surface area is 132 Å². The summed E-state index contributed by atoms with van der Waals surface area (Å²) < 4.78 is 9.55. The Kier molecular flexibility index (Phi) is 2.86. The van der Waals surface area contributed by atoms with Crippen LogP contribution < -0.4 is 15.9 Å². The van der Waals surface area contributed by atoms with Gasteiger partial charge in [-0.3, -0.25) is 0 Å². The highest BCUT2D eigenvalue weighted by Gasteiger charge is 2.25. The summed E-state index contributed by atoms with van der Waals surface area (Å²) in [5.74, 6) is 0.820. The Bertz CT molecular complexity index is 1080. The van der Waals surface area contributed by atoms with Crippen molar-refractivity contribution in [2.24, 2.45) is 14.1 Å². The van der Waals surface area contributed by atoms with Crippen LogP contribution in [-0.2, 0) is 14.1 Å². The van der Waals surface area contributed by atoms with Crippen molar-refractivity contribution in [2.45, 2.75) is 0 Å². The highest BCUT2D eigenvalue weighted by atomic mass is 16.4. The number of imidazole rings is 1. The van der Waals surface area contributed by atoms with Gasteiger partial charge in [0, 0.05) is 11.5 Å². The highest BCUT2D eigenvalue weighted by molar-refractivity contribution is 5.83. The van der Waals surface area contributed by atoms with Crippen molar-refractivity contribution in [1.82, 2.24) is 4.57 Å². The lowest BCUT2D eigenvalue weighted by Gasteiger charge is -2.01. The number of quaternary nitrogens is 1. The Morgan fingerprint density at radius 3 is 2.70 bits per heavy atom. The van der Waals surface area contributed by atoms with Crippen molar-refractivity contribution in [3.8, 4) is 11.4 Å². The zero-order valence-electron chi connectivity index (χ0n) is 13.0. The summed E-state index contributed by atoms with van der Waals surface area (Å²) in [4.78, 5) is 12.5. The van der Waals surface area contributed by atoms with Gasteiger partial charge in [0.05, 0.1) is 14.1 Å². The van der Waals surface area contributed by atoms with Gasteiger partial charge in [0.15, 0.2) is 16.6 Å². The molecule has 0 saturated carbocycles. The molecule has 4 rings (SSSR count). The van der Waals surface area contributed by atoms with Crippen molar-refractivity contribution >= 4 is 27.7 Å². The standard InChI is InChI=1S/C18H15N3O2/c1-20-14-5-3-4-6-15(14)21(2)17(20)13-9-11-7-8-12(19)10-16(11)23-18(13)22/h3-10,19H,1-2H3/p+2. The summed E-state index contributed by atoms with van der Waals surface area (Å²) in [5, 5.41) is 0.886. The first-order chi connectivity index (χ1) is 11.1. The molecule has 5 nitrogen and oxygen atoms in total. The van der Waals surface area contributed by atoms with Gasteiger partial charge in [-0.05, 0) is 30.3 Å². The van der Waals surface area contributed by atoms with Gasteiger partial charge in [0.1, 0.15) is 11.3 Å². The topological polar surface area (TPSA) is 66.7 Å². The Morgan fingerprint density at radius 1 is 1.13 bits per heavy atom. The van der Waals surface area contributed by atoms with E-state index in [4.69, 9.17) is 4.42 Å². The molecule has 0 aliphatic rings. The average molecular weight is 307 g/mol. The quantitative estimate of drug-likeness (QED) is 0.429. The lowest BCUT2D eigenvalue weighted by Crippen LogP contribution is -2.39. The Hall–Kier alpha value is -2.92. The Balaban J connectivity index is 2.09. The maximum Gasteiger partial charge on any atom is 0.352 e. The molecular formula is C18H17N3O2+2. The maximum atomic E-state index is 12.5. The molecule has 0 fully saturated rings. The van der Waals surface area contributed by atoms with Crippen LogP contribution in [0.1, 0.15) is 0 Å². The third-order valence-electron chi connectivity index (χ3n) is 4.28. The summed E-state index contributed by atoms with van der Waals surface area (Å²) in [6.45, 7) is 0. The van der Waals surface area contributed by atoms with Crippen LogP contribution >= 0.6 is 0 Å². The zero-order valence-corrected chi connectivity index (χ0v) is 13.0. The van der Waals surface area contributed by atoms with E-state index in [1.54, 1.807) is 6.07 Å². The predicted molar refractivity (Wildman–Crippen MR) is 88.1 cm³/mol. The van der Waals surface area contributed by atoms with E-state index in [9.17, 15) is 4.79 Å². The second-order valence-corrected chi connectivity index (χ2v) is 5.75. The number of hydrogen-bond donors (Lipinski definition) is 1. The van der Waals surface area contributed by atoms with E-state index in [-0.39, 0.29) is 5.63 Å². The van der Waals surface area contributed by atoms with Gasteiger partial charge in [-0.25, -0.2) is 13.9 Å². The fourth-order valence-electron chi connectivity index (χ4n) is 3.16. The maximum absolute atomic E-state index is 12.5. The van der Waals surface area contributed by atoms with Crippen molar-refractivity contribution < 1.29 is 14.7 Å². The normalized spacial score (nSPS) is 11.4. The molecule has 2 aromatic heterocycles. The van der Waals surface area contributed by atoms with E-state index in [2.05, 4.69) is 5.73 Å². The van der Waals surface area contributed by atoms with Gasteiger partial charge in [0.25, 0.3) is 5.82 Å². The van der Waals surface area contributed by atoms with Crippen molar-refractivity contribution in [2.75, 3.05) is 0 Å². The second-order valence-electron chi connectivity index (χ2n) is 5.75. The average Bonchev–Trinajstić information content (AvgIpc) is 2.79. The molecule has 0 bridgehead atoms. The minimum absolute atomic E-state index is 0.343. The largest absolute Gasteiger partial charge is 0.422 e. The summed E-state index contributed by atoms with van der Waals surface area (Å²) >= 11 is 0. The lowest BCUT2D eigenvalue weighted by atomic mass is 10.1. The van der Waals surface area contributed by atoms with E-state index in [0.29, 0.717) is 11.1 Å². The second kappa shape index (κ2) is 4.79. The lowest BCUT2D eigenvalue weighted by molar-refractivity contribution is -0.634. The first-order valence-electron chi connectivity index (χ1n) is 7.40. The van der Waals surface area contributed by atoms with Gasteiger partial charge in [-0.15, -0.1) is 0 Å². The molecule has 0 amide bonds. The molecule has 0 aliphatic carbocycles. The predicted octanol–water partition coefficient (Wildman–Crippen LogP) is 1.65. The third kappa shape index (κ3) is 1.98. The molecule has 0 radical (unpaired) electrons. The molecule has 23 heavy (non-hydrogen) atoms. The van der Waals surface area contributed by atoms with Crippen LogP contribution in [0.3, 0.4) is 0 Å². The number of benzene rings is 2. The summed E-state index contributed by atoms with van der Waals surface area (Å²) in [6, 6.07) is 15.6. The van der Waals surface area contributed by atoms with Gasteiger partial charge in [-0.2, -0.15) is 0 Å². The van der Waals surface area contributed by atoms with Crippen LogP contribution in [0, 0.1) is 0 Å². The molecular weight excluding hydrogens is 290 g/mol. The third-order valence-corrected chi connectivity index (χ3v) is 4.28. The smallest absolute Gasteiger partial charge is 0.352 e. The molecule has 0 unspecified atom stereocenters. The van der Waals surface area contributed by atoms with E-state index >= 15 is 0 Å². The SMILES string of the molecule is Cn1c(-c2cc3ccc([NH3+])cc3oc2=O)[n+](C)c2ccccc21. The molecule has 2 aromatic carbocycles. The number of rotatable bonds is 1. The molecule has 0 spiro atoms. The monoisotopic (exact) mass is 307 g/mol. The van der Waals surface area contributed by atoms with Crippen LogP contribution in [0.5, 0.6) is 0 Å². The Morgan fingerprint density at radius 2 is 1.91 bits per heavy atom. The number of fused-ring (bicyclic) bond motifs is 2. The zero-order chi connectivity index (χ0) is 16.1. The van der Waals surface area contributed by atoms with Crippen LogP contribution in [0.25, 0.3) is 33.4 Å². The molecule has 3 N–H and O–H groups in total. The van der Waals surface area contributed by atoms with E-state index in [0.717, 1.165) is 27.9 Å². The molecule has 0 saturated heterocycles. The number of aryl methyl sites for hydroxylation is 2. The van der Waals surface area contributed by atoms with Crippen LogP contribution in [0.4, 0.5) is 5.69 Å². The minimum Gasteiger partial charge on any atom is -0.422 e. The number of para-hydroxylation sites is 2. The number of hydrogen-bond acceptors (Lipinski definition) is 2. The van der Waals surface area contributed by atoms with E-state index in [1.807, 2.05) is 65.7 Å².